The topological polar surface area (TPSA) is 98.8 Å². The zero-order chi connectivity index (χ0) is 28.0. The van der Waals surface area contributed by atoms with E-state index >= 15 is 4.39 Å². The fraction of sp³-hybridized carbons (Fsp3) is 0.433. The van der Waals surface area contributed by atoms with Crippen LogP contribution >= 0.6 is 0 Å². The molecule has 0 saturated carbocycles. The van der Waals surface area contributed by atoms with E-state index in [4.69, 9.17) is 14.5 Å². The Morgan fingerprint density at radius 1 is 1.23 bits per heavy atom. The van der Waals surface area contributed by atoms with E-state index in [0.29, 0.717) is 36.6 Å². The fourth-order valence-electron chi connectivity index (χ4n) is 6.06. The lowest BCUT2D eigenvalue weighted by atomic mass is 9.95. The average molecular weight is 549 g/mol. The molecule has 2 aliphatic heterocycles. The molecule has 0 spiro atoms. The second-order valence-electron chi connectivity index (χ2n) is 10.7. The molecule has 4 heterocycles. The van der Waals surface area contributed by atoms with Crippen LogP contribution < -0.4 is 15.1 Å². The van der Waals surface area contributed by atoms with Crippen molar-refractivity contribution in [1.82, 2.24) is 14.1 Å². The second-order valence-corrected chi connectivity index (χ2v) is 10.7. The quantitative estimate of drug-likeness (QED) is 0.311. The van der Waals surface area contributed by atoms with E-state index in [1.165, 1.54) is 12.3 Å². The van der Waals surface area contributed by atoms with Crippen LogP contribution in [0.5, 0.6) is 5.75 Å². The highest BCUT2D eigenvalue weighted by Crippen LogP contribution is 2.43. The number of nitrogens with zero attached hydrogens (tertiary/aromatic N) is 4. The first kappa shape index (κ1) is 26.3. The smallest absolute Gasteiger partial charge is 0.341 e. The molecule has 1 N–H and O–H groups in total. The molecule has 0 amide bonds. The van der Waals surface area contributed by atoms with Crippen molar-refractivity contribution in [2.24, 2.45) is 0 Å². The van der Waals surface area contributed by atoms with E-state index < -0.39 is 17.2 Å². The number of imidazole rings is 1. The average Bonchev–Trinajstić information content (AvgIpc) is 3.32. The van der Waals surface area contributed by atoms with Crippen molar-refractivity contribution in [2.45, 2.75) is 51.6 Å². The number of para-hydroxylation sites is 2. The molecule has 0 radical (unpaired) electrons. The van der Waals surface area contributed by atoms with Gasteiger partial charge >= 0.3 is 5.97 Å². The molecule has 40 heavy (non-hydrogen) atoms. The van der Waals surface area contributed by atoms with E-state index in [1.54, 1.807) is 4.57 Å². The zero-order valence-corrected chi connectivity index (χ0v) is 22.7. The number of hydrogen-bond donors (Lipinski definition) is 1. The zero-order valence-electron chi connectivity index (χ0n) is 22.7. The van der Waals surface area contributed by atoms with E-state index in [1.807, 2.05) is 30.0 Å². The Labute approximate surface area is 230 Å². The van der Waals surface area contributed by atoms with Gasteiger partial charge in [-0.05, 0) is 44.4 Å². The molecule has 0 bridgehead atoms. The van der Waals surface area contributed by atoms with Crippen LogP contribution in [0, 0.1) is 5.82 Å². The molecule has 2 aromatic carbocycles. The molecule has 2 aliphatic rings. The standard InChI is InChI=1S/C30H33FN4O5/c1-3-13-39-14-12-34-24-7-5-4-6-23(24)32-29(34)19-8-10-33(11-9-19)26-22(31)15-20-25-28(26)40-17-18(2)35(25)16-21(27(20)36)30(37)38/h4-7,15-16,18-19H,3,8-14,17H2,1-2H3,(H,37,38)/t18-/m0/s1. The number of hydrogen-bond acceptors (Lipinski definition) is 6. The largest absolute Gasteiger partial charge is 0.487 e. The van der Waals surface area contributed by atoms with Crippen LogP contribution in [0.4, 0.5) is 10.1 Å². The molecule has 10 heteroatoms. The number of carboxylic acids is 1. The molecule has 2 aromatic heterocycles. The van der Waals surface area contributed by atoms with E-state index in [-0.39, 0.29) is 29.5 Å². The Kier molecular flexibility index (Phi) is 6.95. The predicted octanol–water partition coefficient (Wildman–Crippen LogP) is 4.95. The maximum Gasteiger partial charge on any atom is 0.341 e. The number of benzene rings is 2. The molecular formula is C30H33FN4O5. The first-order valence-electron chi connectivity index (χ1n) is 13.9. The lowest BCUT2D eigenvalue weighted by Gasteiger charge is -2.36. The SMILES string of the molecule is CCCOCCn1c(C2CCN(c3c(F)cc4c(=O)c(C(=O)O)cn5c4c3OC[C@@H]5C)CC2)nc2ccccc21. The van der Waals surface area contributed by atoms with E-state index in [9.17, 15) is 14.7 Å². The summed E-state index contributed by atoms with van der Waals surface area (Å²) >= 11 is 0. The van der Waals surface area contributed by atoms with Gasteiger partial charge in [0.2, 0.25) is 5.43 Å². The van der Waals surface area contributed by atoms with Crippen LogP contribution in [0.25, 0.3) is 21.9 Å². The van der Waals surface area contributed by atoms with Crippen LogP contribution in [-0.4, -0.2) is 58.1 Å². The number of aromatic nitrogens is 3. The third-order valence-electron chi connectivity index (χ3n) is 8.04. The van der Waals surface area contributed by atoms with Gasteiger partial charge < -0.3 is 28.6 Å². The monoisotopic (exact) mass is 548 g/mol. The van der Waals surface area contributed by atoms with Gasteiger partial charge in [0.15, 0.2) is 11.6 Å². The Hall–Kier alpha value is -3.92. The Morgan fingerprint density at radius 3 is 2.75 bits per heavy atom. The third kappa shape index (κ3) is 4.40. The number of carbonyl (C=O) groups is 1. The van der Waals surface area contributed by atoms with Crippen LogP contribution in [-0.2, 0) is 11.3 Å². The van der Waals surface area contributed by atoms with Gasteiger partial charge in [-0.3, -0.25) is 4.79 Å². The molecule has 0 aliphatic carbocycles. The normalized spacial score (nSPS) is 17.5. The number of piperidine rings is 1. The van der Waals surface area contributed by atoms with Crippen LogP contribution in [0.2, 0.25) is 0 Å². The number of fused-ring (bicyclic) bond motifs is 1. The molecule has 1 fully saturated rings. The number of halogens is 1. The van der Waals surface area contributed by atoms with Crippen LogP contribution in [0.1, 0.15) is 61.3 Å². The summed E-state index contributed by atoms with van der Waals surface area (Å²) in [7, 11) is 0. The summed E-state index contributed by atoms with van der Waals surface area (Å²) in [6.07, 6.45) is 3.88. The van der Waals surface area contributed by atoms with Crippen molar-refractivity contribution in [1.29, 1.82) is 0 Å². The van der Waals surface area contributed by atoms with E-state index in [0.717, 1.165) is 49.3 Å². The molecule has 9 nitrogen and oxygen atoms in total. The summed E-state index contributed by atoms with van der Waals surface area (Å²) in [5, 5.41) is 9.57. The summed E-state index contributed by atoms with van der Waals surface area (Å²) < 4.78 is 31.5. The molecule has 1 atom stereocenters. The predicted molar refractivity (Wildman–Crippen MR) is 150 cm³/mol. The number of aromatic carboxylic acids is 1. The van der Waals surface area contributed by atoms with Crippen molar-refractivity contribution in [3.05, 3.63) is 64.0 Å². The summed E-state index contributed by atoms with van der Waals surface area (Å²) in [5.41, 5.74) is 1.75. The molecule has 0 unspecified atom stereocenters. The Morgan fingerprint density at radius 2 is 2.00 bits per heavy atom. The van der Waals surface area contributed by atoms with Crippen molar-refractivity contribution in [3.8, 4) is 5.75 Å². The van der Waals surface area contributed by atoms with Gasteiger partial charge in [0.25, 0.3) is 0 Å². The van der Waals surface area contributed by atoms with Crippen molar-refractivity contribution < 1.29 is 23.8 Å². The minimum absolute atomic E-state index is 0.0246. The van der Waals surface area contributed by atoms with Gasteiger partial charge in [-0.2, -0.15) is 0 Å². The van der Waals surface area contributed by atoms with Crippen molar-refractivity contribution >= 4 is 33.6 Å². The van der Waals surface area contributed by atoms with Gasteiger partial charge in [0.05, 0.1) is 34.6 Å². The highest BCUT2D eigenvalue weighted by atomic mass is 19.1. The Balaban J connectivity index is 1.32. The summed E-state index contributed by atoms with van der Waals surface area (Å²) in [6, 6.07) is 9.10. The van der Waals surface area contributed by atoms with Crippen molar-refractivity contribution in [2.75, 3.05) is 37.8 Å². The summed E-state index contributed by atoms with van der Waals surface area (Å²) in [4.78, 5) is 31.6. The third-order valence-corrected chi connectivity index (χ3v) is 8.04. The molecule has 210 valence electrons. The number of rotatable bonds is 8. The summed E-state index contributed by atoms with van der Waals surface area (Å²) in [5.74, 6) is -0.373. The van der Waals surface area contributed by atoms with Crippen molar-refractivity contribution in [3.63, 3.8) is 0 Å². The van der Waals surface area contributed by atoms with Crippen LogP contribution in [0.15, 0.2) is 41.3 Å². The maximum atomic E-state index is 15.7. The molecule has 6 rings (SSSR count). The highest BCUT2D eigenvalue weighted by Gasteiger charge is 2.33. The van der Waals surface area contributed by atoms with Gasteiger partial charge in [-0.25, -0.2) is 14.2 Å². The van der Waals surface area contributed by atoms with Gasteiger partial charge in [0.1, 0.15) is 23.7 Å². The van der Waals surface area contributed by atoms with Gasteiger partial charge in [-0.15, -0.1) is 0 Å². The first-order valence-corrected chi connectivity index (χ1v) is 13.9. The number of ether oxygens (including phenoxy) is 2. The fourth-order valence-corrected chi connectivity index (χ4v) is 6.06. The minimum Gasteiger partial charge on any atom is -0.487 e. The number of carboxylic acid groups (broad SMARTS) is 1. The highest BCUT2D eigenvalue weighted by molar-refractivity contribution is 5.97. The van der Waals surface area contributed by atoms with E-state index in [2.05, 4.69) is 17.6 Å². The maximum absolute atomic E-state index is 15.7. The Bertz CT molecular complexity index is 1650. The first-order chi connectivity index (χ1) is 19.4. The number of anilines is 1. The second kappa shape index (κ2) is 10.6. The molecule has 4 aromatic rings. The molecule has 1 saturated heterocycles. The number of pyridine rings is 1. The molecular weight excluding hydrogens is 515 g/mol. The summed E-state index contributed by atoms with van der Waals surface area (Å²) in [6.45, 7) is 7.47. The lowest BCUT2D eigenvalue weighted by Crippen LogP contribution is -2.36. The lowest BCUT2D eigenvalue weighted by molar-refractivity contribution is 0.0694. The van der Waals surface area contributed by atoms with Crippen LogP contribution in [0.3, 0.4) is 0 Å². The van der Waals surface area contributed by atoms with Gasteiger partial charge in [0, 0.05) is 38.4 Å². The van der Waals surface area contributed by atoms with Gasteiger partial charge in [-0.1, -0.05) is 19.1 Å². The minimum atomic E-state index is -1.33.